The van der Waals surface area contributed by atoms with Gasteiger partial charge in [0.15, 0.2) is 0 Å². The van der Waals surface area contributed by atoms with Gasteiger partial charge in [-0.15, -0.1) is 0 Å². The predicted molar refractivity (Wildman–Crippen MR) is 76.4 cm³/mol. The van der Waals surface area contributed by atoms with Crippen molar-refractivity contribution in [1.29, 1.82) is 0 Å². The van der Waals surface area contributed by atoms with Gasteiger partial charge in [-0.3, -0.25) is 9.78 Å². The second kappa shape index (κ2) is 6.62. The highest BCUT2D eigenvalue weighted by atomic mass is 16.4. The Morgan fingerprint density at radius 1 is 1.24 bits per heavy atom. The minimum Gasteiger partial charge on any atom is -0.478 e. The maximum absolute atomic E-state index is 12.0. The molecular formula is C15H15N3O3. The van der Waals surface area contributed by atoms with Crippen LogP contribution in [-0.4, -0.2) is 22.0 Å². The molecule has 4 N–H and O–H groups in total. The van der Waals surface area contributed by atoms with Crippen molar-refractivity contribution in [1.82, 2.24) is 10.3 Å². The van der Waals surface area contributed by atoms with Crippen molar-refractivity contribution in [2.45, 2.75) is 12.6 Å². The number of benzene rings is 1. The minimum absolute atomic E-state index is 0.125. The molecule has 0 unspecified atom stereocenters. The Balaban J connectivity index is 1.98. The summed E-state index contributed by atoms with van der Waals surface area (Å²) in [6, 6.07) is 11.0. The summed E-state index contributed by atoms with van der Waals surface area (Å²) in [6.45, 7) is 0.125. The molecule has 0 bridgehead atoms. The van der Waals surface area contributed by atoms with Crippen molar-refractivity contribution in [3.05, 3.63) is 65.5 Å². The summed E-state index contributed by atoms with van der Waals surface area (Å²) in [5, 5.41) is 11.5. The predicted octanol–water partition coefficient (Wildman–Crippen LogP) is 1.10. The maximum atomic E-state index is 12.0. The van der Waals surface area contributed by atoms with Gasteiger partial charge in [-0.1, -0.05) is 30.3 Å². The number of nitrogens with two attached hydrogens (primary N) is 1. The van der Waals surface area contributed by atoms with Crippen molar-refractivity contribution in [3.63, 3.8) is 0 Å². The Hall–Kier alpha value is -2.73. The first-order valence-corrected chi connectivity index (χ1v) is 6.34. The topological polar surface area (TPSA) is 105 Å². The van der Waals surface area contributed by atoms with Crippen LogP contribution in [0.15, 0.2) is 48.7 Å². The van der Waals surface area contributed by atoms with Gasteiger partial charge in [0.2, 0.25) is 5.91 Å². The second-order valence-corrected chi connectivity index (χ2v) is 4.45. The molecule has 0 radical (unpaired) electrons. The average Bonchev–Trinajstić information content (AvgIpc) is 2.53. The number of rotatable bonds is 5. The Labute approximate surface area is 121 Å². The Kier molecular flexibility index (Phi) is 4.63. The van der Waals surface area contributed by atoms with Gasteiger partial charge < -0.3 is 16.2 Å². The number of pyridine rings is 1. The quantitative estimate of drug-likeness (QED) is 0.762. The van der Waals surface area contributed by atoms with E-state index >= 15 is 0 Å². The molecule has 1 aromatic heterocycles. The van der Waals surface area contributed by atoms with Gasteiger partial charge in [-0.05, 0) is 17.7 Å². The number of carbonyl (C=O) groups is 2. The van der Waals surface area contributed by atoms with E-state index in [0.29, 0.717) is 11.3 Å². The fraction of sp³-hybridized carbons (Fsp3) is 0.133. The normalized spacial score (nSPS) is 11.7. The first-order valence-electron chi connectivity index (χ1n) is 6.34. The number of hydrogen-bond acceptors (Lipinski definition) is 4. The van der Waals surface area contributed by atoms with Crippen LogP contribution in [0.5, 0.6) is 0 Å². The fourth-order valence-electron chi connectivity index (χ4n) is 1.81. The van der Waals surface area contributed by atoms with E-state index in [4.69, 9.17) is 10.8 Å². The summed E-state index contributed by atoms with van der Waals surface area (Å²) in [5.74, 6) is -1.38. The summed E-state index contributed by atoms with van der Waals surface area (Å²) in [6.07, 6.45) is 1.39. The lowest BCUT2D eigenvalue weighted by atomic mass is 10.1. The molecule has 0 saturated carbocycles. The number of amides is 1. The number of aromatic nitrogens is 1. The highest BCUT2D eigenvalue weighted by Crippen LogP contribution is 2.09. The van der Waals surface area contributed by atoms with Crippen LogP contribution in [0.25, 0.3) is 0 Å². The zero-order valence-corrected chi connectivity index (χ0v) is 11.2. The molecule has 1 heterocycles. The first-order chi connectivity index (χ1) is 10.1. The summed E-state index contributed by atoms with van der Waals surface area (Å²) in [4.78, 5) is 26.8. The molecular weight excluding hydrogens is 270 g/mol. The highest BCUT2D eigenvalue weighted by Gasteiger charge is 2.15. The molecule has 6 nitrogen and oxygen atoms in total. The lowest BCUT2D eigenvalue weighted by Gasteiger charge is -2.12. The number of aromatic carboxylic acids is 1. The summed E-state index contributed by atoms with van der Waals surface area (Å²) in [7, 11) is 0. The van der Waals surface area contributed by atoms with E-state index in [-0.39, 0.29) is 18.0 Å². The van der Waals surface area contributed by atoms with E-state index < -0.39 is 12.0 Å². The number of carbonyl (C=O) groups excluding carboxylic acids is 1. The number of nitrogens with one attached hydrogen (secondary N) is 1. The lowest BCUT2D eigenvalue weighted by molar-refractivity contribution is -0.122. The van der Waals surface area contributed by atoms with Crippen LogP contribution in [-0.2, 0) is 11.3 Å². The van der Waals surface area contributed by atoms with E-state index in [1.54, 1.807) is 24.3 Å². The monoisotopic (exact) mass is 285 g/mol. The minimum atomic E-state index is -1.04. The molecule has 2 rings (SSSR count). The fourth-order valence-corrected chi connectivity index (χ4v) is 1.81. The van der Waals surface area contributed by atoms with Crippen LogP contribution in [0, 0.1) is 0 Å². The Bertz CT molecular complexity index is 644. The second-order valence-electron chi connectivity index (χ2n) is 4.45. The SMILES string of the molecule is N[C@@H](C(=O)NCc1cc(C(=O)O)ccn1)c1ccccc1. The Morgan fingerprint density at radius 2 is 1.95 bits per heavy atom. The van der Waals surface area contributed by atoms with Crippen molar-refractivity contribution in [2.24, 2.45) is 5.73 Å². The van der Waals surface area contributed by atoms with Gasteiger partial charge in [-0.2, -0.15) is 0 Å². The molecule has 2 aromatic rings. The molecule has 0 spiro atoms. The van der Waals surface area contributed by atoms with E-state index in [0.717, 1.165) is 0 Å². The molecule has 108 valence electrons. The molecule has 1 amide bonds. The molecule has 0 fully saturated rings. The summed E-state index contributed by atoms with van der Waals surface area (Å²) < 4.78 is 0. The molecule has 1 aromatic carbocycles. The third-order valence-electron chi connectivity index (χ3n) is 2.95. The molecule has 6 heteroatoms. The standard InChI is InChI=1S/C15H15N3O3/c16-13(10-4-2-1-3-5-10)14(19)18-9-12-8-11(15(20)21)6-7-17-12/h1-8,13H,9,16H2,(H,18,19)(H,20,21)/t13-/m1/s1. The Morgan fingerprint density at radius 3 is 2.62 bits per heavy atom. The van der Waals surface area contributed by atoms with Crippen molar-refractivity contribution in [2.75, 3.05) is 0 Å². The highest BCUT2D eigenvalue weighted by molar-refractivity contribution is 5.87. The van der Waals surface area contributed by atoms with Crippen molar-refractivity contribution < 1.29 is 14.7 Å². The molecule has 0 aliphatic carbocycles. The third-order valence-corrected chi connectivity index (χ3v) is 2.95. The van der Waals surface area contributed by atoms with E-state index in [2.05, 4.69) is 10.3 Å². The van der Waals surface area contributed by atoms with Crippen LogP contribution >= 0.6 is 0 Å². The zero-order valence-electron chi connectivity index (χ0n) is 11.2. The van der Waals surface area contributed by atoms with Crippen LogP contribution in [0.3, 0.4) is 0 Å². The average molecular weight is 285 g/mol. The van der Waals surface area contributed by atoms with Crippen LogP contribution in [0.1, 0.15) is 27.7 Å². The first kappa shape index (κ1) is 14.7. The van der Waals surface area contributed by atoms with E-state index in [1.807, 2.05) is 6.07 Å². The number of carboxylic acid groups (broad SMARTS) is 1. The van der Waals surface area contributed by atoms with Gasteiger partial charge in [0, 0.05) is 6.20 Å². The van der Waals surface area contributed by atoms with Gasteiger partial charge in [0.05, 0.1) is 17.8 Å². The lowest BCUT2D eigenvalue weighted by Crippen LogP contribution is -2.33. The largest absolute Gasteiger partial charge is 0.478 e. The molecule has 1 atom stereocenters. The van der Waals surface area contributed by atoms with Crippen LogP contribution in [0.2, 0.25) is 0 Å². The smallest absolute Gasteiger partial charge is 0.335 e. The van der Waals surface area contributed by atoms with Crippen molar-refractivity contribution in [3.8, 4) is 0 Å². The van der Waals surface area contributed by atoms with Gasteiger partial charge in [0.1, 0.15) is 6.04 Å². The molecule has 0 saturated heterocycles. The number of carboxylic acids is 1. The van der Waals surface area contributed by atoms with Gasteiger partial charge in [0.25, 0.3) is 0 Å². The van der Waals surface area contributed by atoms with E-state index in [1.165, 1.54) is 18.3 Å². The maximum Gasteiger partial charge on any atom is 0.335 e. The van der Waals surface area contributed by atoms with Crippen LogP contribution in [0.4, 0.5) is 0 Å². The van der Waals surface area contributed by atoms with E-state index in [9.17, 15) is 9.59 Å². The summed E-state index contributed by atoms with van der Waals surface area (Å²) >= 11 is 0. The molecule has 21 heavy (non-hydrogen) atoms. The van der Waals surface area contributed by atoms with Crippen molar-refractivity contribution >= 4 is 11.9 Å². The molecule has 0 aliphatic rings. The third kappa shape index (κ3) is 3.87. The molecule has 0 aliphatic heterocycles. The summed E-state index contributed by atoms with van der Waals surface area (Å²) in [5.41, 5.74) is 7.15. The number of nitrogens with zero attached hydrogens (tertiary/aromatic N) is 1. The van der Waals surface area contributed by atoms with Gasteiger partial charge >= 0.3 is 5.97 Å². The number of hydrogen-bond donors (Lipinski definition) is 3. The van der Waals surface area contributed by atoms with Crippen LogP contribution < -0.4 is 11.1 Å². The van der Waals surface area contributed by atoms with Gasteiger partial charge in [-0.25, -0.2) is 4.79 Å². The zero-order chi connectivity index (χ0) is 15.2.